The minimum Gasteiger partial charge on any atom is -0.494 e. The van der Waals surface area contributed by atoms with E-state index >= 15 is 0 Å². The normalized spacial score (nSPS) is 16.9. The minimum atomic E-state index is -0.174. The van der Waals surface area contributed by atoms with Crippen LogP contribution < -0.4 is 20.3 Å². The first-order chi connectivity index (χ1) is 18.4. The number of furan rings is 1. The van der Waals surface area contributed by atoms with Gasteiger partial charge >= 0.3 is 0 Å². The number of nitrogens with one attached hydrogen (secondary N) is 2. The van der Waals surface area contributed by atoms with E-state index in [0.717, 1.165) is 34.1 Å². The maximum Gasteiger partial charge on any atom is 0.224 e. The number of hydrogen-bond donors (Lipinski definition) is 2. The van der Waals surface area contributed by atoms with Gasteiger partial charge in [0.1, 0.15) is 11.5 Å². The van der Waals surface area contributed by atoms with E-state index in [9.17, 15) is 4.79 Å². The highest BCUT2D eigenvalue weighted by Gasteiger charge is 2.42. The van der Waals surface area contributed by atoms with Crippen LogP contribution >= 0.6 is 12.2 Å². The fraction of sp³-hybridized carbons (Fsp3) is 0.276. The number of carbonyl (C=O) groups excluding carboxylic acids is 1. The van der Waals surface area contributed by atoms with Gasteiger partial charge < -0.3 is 29.3 Å². The first-order valence-electron chi connectivity index (χ1n) is 12.6. The van der Waals surface area contributed by atoms with Crippen molar-refractivity contribution in [2.75, 3.05) is 17.3 Å². The number of hydrogen-bond acceptors (Lipinski definition) is 5. The summed E-state index contributed by atoms with van der Waals surface area (Å²) in [6.45, 7) is 6.69. The van der Waals surface area contributed by atoms with Crippen LogP contribution in [0, 0.1) is 13.8 Å². The van der Waals surface area contributed by atoms with Gasteiger partial charge in [-0.1, -0.05) is 13.0 Å². The Labute approximate surface area is 227 Å². The number of aryl methyl sites for hydroxylation is 1. The first-order valence-corrected chi connectivity index (χ1v) is 13.0. The van der Waals surface area contributed by atoms with Crippen LogP contribution in [0.4, 0.5) is 11.4 Å². The van der Waals surface area contributed by atoms with Gasteiger partial charge in [0.15, 0.2) is 5.11 Å². The van der Waals surface area contributed by atoms with E-state index in [2.05, 4.69) is 45.0 Å². The van der Waals surface area contributed by atoms with Gasteiger partial charge in [-0.3, -0.25) is 9.78 Å². The van der Waals surface area contributed by atoms with Crippen molar-refractivity contribution >= 4 is 34.6 Å². The Morgan fingerprint density at radius 1 is 1.18 bits per heavy atom. The zero-order valence-electron chi connectivity index (χ0n) is 21.9. The maximum absolute atomic E-state index is 12.0. The molecule has 0 bridgehead atoms. The Hall–Kier alpha value is -4.11. The molecule has 9 heteroatoms. The van der Waals surface area contributed by atoms with E-state index in [4.69, 9.17) is 21.4 Å². The van der Waals surface area contributed by atoms with Crippen LogP contribution in [0.15, 0.2) is 71.5 Å². The second kappa shape index (κ2) is 10.7. The molecule has 1 aliphatic heterocycles. The van der Waals surface area contributed by atoms with Gasteiger partial charge in [0.25, 0.3) is 0 Å². The standard InChI is InChI=1S/C29H31N5O3S/c1-5-26(35)31-23-12-11-20(16-25(23)36-4)34-28(27(32-29(34)38)24-10-6-7-13-30-24)22-15-18(2)33(19(22)3)17-21-9-8-14-37-21/h6-16,27-28H,5,17H2,1-4H3,(H,31,35)(H,32,38)/t27-,28-/m0/s1. The van der Waals surface area contributed by atoms with Gasteiger partial charge in [0, 0.05) is 35.8 Å². The van der Waals surface area contributed by atoms with Gasteiger partial charge in [-0.05, 0) is 74.1 Å². The van der Waals surface area contributed by atoms with Crippen LogP contribution in [0.25, 0.3) is 0 Å². The summed E-state index contributed by atoms with van der Waals surface area (Å²) in [5, 5.41) is 7.02. The molecule has 1 aliphatic rings. The van der Waals surface area contributed by atoms with Crippen LogP contribution in [0.3, 0.4) is 0 Å². The molecule has 38 heavy (non-hydrogen) atoms. The summed E-state index contributed by atoms with van der Waals surface area (Å²) in [6, 6.07) is 17.4. The highest BCUT2D eigenvalue weighted by atomic mass is 32.1. The number of ether oxygens (including phenoxy) is 1. The van der Waals surface area contributed by atoms with E-state index in [1.807, 2.05) is 55.5 Å². The molecule has 2 N–H and O–H groups in total. The summed E-state index contributed by atoms with van der Waals surface area (Å²) in [5.74, 6) is 1.38. The van der Waals surface area contributed by atoms with Gasteiger partial charge in [0.05, 0.1) is 43.4 Å². The number of carbonyl (C=O) groups is 1. The van der Waals surface area contributed by atoms with Crippen molar-refractivity contribution in [3.63, 3.8) is 0 Å². The molecule has 2 atom stereocenters. The fourth-order valence-electron chi connectivity index (χ4n) is 5.05. The molecular formula is C29H31N5O3S. The average molecular weight is 530 g/mol. The van der Waals surface area contributed by atoms with Gasteiger partial charge in [-0.2, -0.15) is 0 Å². The molecule has 1 amide bonds. The number of thiocarbonyl (C=S) groups is 1. The van der Waals surface area contributed by atoms with Crippen LogP contribution in [0.2, 0.25) is 0 Å². The lowest BCUT2D eigenvalue weighted by Gasteiger charge is -2.29. The molecule has 0 radical (unpaired) electrons. The molecule has 1 aromatic carbocycles. The number of amides is 1. The quantitative estimate of drug-likeness (QED) is 0.284. The van der Waals surface area contributed by atoms with Crippen molar-refractivity contribution in [3.8, 4) is 5.75 Å². The van der Waals surface area contributed by atoms with E-state index in [-0.39, 0.29) is 18.0 Å². The highest BCUT2D eigenvalue weighted by Crippen LogP contribution is 2.44. The lowest BCUT2D eigenvalue weighted by atomic mass is 9.96. The van der Waals surface area contributed by atoms with Crippen molar-refractivity contribution in [3.05, 3.63) is 95.5 Å². The lowest BCUT2D eigenvalue weighted by molar-refractivity contribution is -0.115. The predicted octanol–water partition coefficient (Wildman–Crippen LogP) is 5.68. The van der Waals surface area contributed by atoms with Gasteiger partial charge in [-0.15, -0.1) is 0 Å². The molecule has 0 saturated carbocycles. The van der Waals surface area contributed by atoms with E-state index < -0.39 is 0 Å². The molecular weight excluding hydrogens is 498 g/mol. The second-order valence-corrected chi connectivity index (χ2v) is 9.66. The number of pyridine rings is 1. The third kappa shape index (κ3) is 4.77. The van der Waals surface area contributed by atoms with Gasteiger partial charge in [0.2, 0.25) is 5.91 Å². The molecule has 8 nitrogen and oxygen atoms in total. The minimum absolute atomic E-state index is 0.0773. The van der Waals surface area contributed by atoms with Crippen LogP contribution in [0.1, 0.15) is 53.8 Å². The third-order valence-corrected chi connectivity index (χ3v) is 7.30. The molecule has 0 spiro atoms. The SMILES string of the molecule is CCC(=O)Nc1ccc(N2C(=S)N[C@@H](c3ccccn3)[C@@H]2c2cc(C)n(Cc3ccco3)c2C)cc1OC. The fourth-order valence-corrected chi connectivity index (χ4v) is 5.40. The Balaban J connectivity index is 1.60. The Morgan fingerprint density at radius 3 is 2.71 bits per heavy atom. The molecule has 0 aliphatic carbocycles. The van der Waals surface area contributed by atoms with E-state index in [1.54, 1.807) is 19.6 Å². The summed E-state index contributed by atoms with van der Waals surface area (Å²) in [7, 11) is 1.59. The smallest absolute Gasteiger partial charge is 0.224 e. The number of methoxy groups -OCH3 is 1. The van der Waals surface area contributed by atoms with Crippen molar-refractivity contribution in [2.24, 2.45) is 0 Å². The number of rotatable bonds is 8. The Kier molecular flexibility index (Phi) is 7.20. The molecule has 3 aromatic heterocycles. The van der Waals surface area contributed by atoms with Crippen molar-refractivity contribution < 1.29 is 13.9 Å². The van der Waals surface area contributed by atoms with Crippen LogP contribution in [0.5, 0.6) is 5.75 Å². The average Bonchev–Trinajstić information content (AvgIpc) is 3.64. The van der Waals surface area contributed by atoms with Crippen molar-refractivity contribution in [1.82, 2.24) is 14.9 Å². The first kappa shape index (κ1) is 25.5. The monoisotopic (exact) mass is 529 g/mol. The summed E-state index contributed by atoms with van der Waals surface area (Å²) in [4.78, 5) is 18.8. The Morgan fingerprint density at radius 2 is 2.03 bits per heavy atom. The maximum atomic E-state index is 12.0. The third-order valence-electron chi connectivity index (χ3n) is 6.98. The predicted molar refractivity (Wildman–Crippen MR) is 152 cm³/mol. The molecule has 4 heterocycles. The summed E-state index contributed by atoms with van der Waals surface area (Å²) >= 11 is 5.91. The van der Waals surface area contributed by atoms with Crippen LogP contribution in [-0.2, 0) is 11.3 Å². The number of nitrogens with zero attached hydrogens (tertiary/aromatic N) is 3. The van der Waals surface area contributed by atoms with Crippen LogP contribution in [-0.4, -0.2) is 27.7 Å². The summed E-state index contributed by atoms with van der Waals surface area (Å²) in [5.41, 5.74) is 5.77. The molecule has 5 rings (SSSR count). The highest BCUT2D eigenvalue weighted by molar-refractivity contribution is 7.80. The zero-order chi connectivity index (χ0) is 26.8. The topological polar surface area (TPSA) is 84.6 Å². The summed E-state index contributed by atoms with van der Waals surface area (Å²) in [6.07, 6.45) is 3.88. The van der Waals surface area contributed by atoms with E-state index in [1.165, 1.54) is 0 Å². The largest absolute Gasteiger partial charge is 0.494 e. The number of anilines is 2. The molecule has 0 unspecified atom stereocenters. The molecule has 196 valence electrons. The summed E-state index contributed by atoms with van der Waals surface area (Å²) < 4.78 is 13.5. The number of benzene rings is 1. The van der Waals surface area contributed by atoms with Gasteiger partial charge in [-0.25, -0.2) is 0 Å². The lowest BCUT2D eigenvalue weighted by Crippen LogP contribution is -2.29. The number of aromatic nitrogens is 2. The zero-order valence-corrected chi connectivity index (χ0v) is 22.7. The van der Waals surface area contributed by atoms with Crippen molar-refractivity contribution in [2.45, 2.75) is 45.8 Å². The van der Waals surface area contributed by atoms with Crippen molar-refractivity contribution in [1.29, 1.82) is 0 Å². The molecule has 1 fully saturated rings. The second-order valence-electron chi connectivity index (χ2n) is 9.27. The van der Waals surface area contributed by atoms with E-state index in [0.29, 0.717) is 29.5 Å². The molecule has 4 aromatic rings. The Bertz CT molecular complexity index is 1450. The molecule has 1 saturated heterocycles.